The van der Waals surface area contributed by atoms with E-state index in [0.717, 1.165) is 16.8 Å². The molecule has 0 atom stereocenters. The van der Waals surface area contributed by atoms with Gasteiger partial charge in [-0.05, 0) is 67.3 Å². The minimum absolute atomic E-state index is 0.300. The van der Waals surface area contributed by atoms with Crippen LogP contribution in [0.3, 0.4) is 0 Å². The van der Waals surface area contributed by atoms with Crippen molar-refractivity contribution >= 4 is 22.1 Å². The summed E-state index contributed by atoms with van der Waals surface area (Å²) in [5.74, 6) is -0.335. The normalized spacial score (nSPS) is 11.4. The molecule has 5 rings (SSSR count). The van der Waals surface area contributed by atoms with Gasteiger partial charge in [-0.25, -0.2) is 9.37 Å². The summed E-state index contributed by atoms with van der Waals surface area (Å²) < 4.78 is 20.3. The highest BCUT2D eigenvalue weighted by Gasteiger charge is 2.17. The number of hydrogen-bond acceptors (Lipinski definition) is 3. The van der Waals surface area contributed by atoms with Crippen molar-refractivity contribution in [2.24, 2.45) is 0 Å². The highest BCUT2D eigenvalue weighted by atomic mass is 19.1. The second-order valence-electron chi connectivity index (χ2n) is 7.46. The van der Waals surface area contributed by atoms with Gasteiger partial charge in [0.05, 0.1) is 11.1 Å². The van der Waals surface area contributed by atoms with Crippen LogP contribution < -0.4 is 0 Å². The van der Waals surface area contributed by atoms with E-state index < -0.39 is 0 Å². The van der Waals surface area contributed by atoms with Gasteiger partial charge in [0.25, 0.3) is 0 Å². The van der Waals surface area contributed by atoms with Crippen LogP contribution >= 0.6 is 0 Å². The zero-order chi connectivity index (χ0) is 20.1. The number of pyridine rings is 2. The van der Waals surface area contributed by atoms with E-state index in [0.29, 0.717) is 22.1 Å². The number of hydrogen-bond donors (Lipinski definition) is 0. The number of aryl methyl sites for hydroxylation is 3. The lowest BCUT2D eigenvalue weighted by Gasteiger charge is -2.12. The smallest absolute Gasteiger partial charge is 0.230 e. The van der Waals surface area contributed by atoms with E-state index in [9.17, 15) is 4.39 Å². The van der Waals surface area contributed by atoms with Gasteiger partial charge in [0.2, 0.25) is 5.71 Å². The molecule has 0 unspecified atom stereocenters. The molecular formula is C25H19FN2O. The molecular weight excluding hydrogens is 363 g/mol. The highest BCUT2D eigenvalue weighted by molar-refractivity contribution is 6.08. The van der Waals surface area contributed by atoms with Gasteiger partial charge in [-0.2, -0.15) is 0 Å². The summed E-state index contributed by atoms with van der Waals surface area (Å²) in [7, 11) is 0. The average molecular weight is 382 g/mol. The Morgan fingerprint density at radius 1 is 0.862 bits per heavy atom. The third-order valence-corrected chi connectivity index (χ3v) is 5.35. The van der Waals surface area contributed by atoms with E-state index >= 15 is 0 Å². The molecule has 0 saturated heterocycles. The van der Waals surface area contributed by atoms with Crippen LogP contribution in [0.15, 0.2) is 65.3 Å². The number of rotatable bonds is 2. The Bertz CT molecular complexity index is 1380. The number of fused-ring (bicyclic) bond motifs is 3. The van der Waals surface area contributed by atoms with Gasteiger partial charge in [-0.3, -0.25) is 4.98 Å². The monoisotopic (exact) mass is 382 g/mol. The molecule has 0 radical (unpaired) electrons. The SMILES string of the molecule is Cc1cc(C)c(-c2ccnc(-c3cccc4c3oc3nccc(F)c34)c2)c(C)c1. The molecule has 3 heterocycles. The van der Waals surface area contributed by atoms with E-state index in [2.05, 4.69) is 48.9 Å². The molecule has 142 valence electrons. The molecule has 0 aliphatic rings. The van der Waals surface area contributed by atoms with Crippen LogP contribution in [0.4, 0.5) is 4.39 Å². The van der Waals surface area contributed by atoms with Crippen LogP contribution in [0.5, 0.6) is 0 Å². The van der Waals surface area contributed by atoms with Crippen molar-refractivity contribution in [1.29, 1.82) is 0 Å². The van der Waals surface area contributed by atoms with Crippen LogP contribution in [0.2, 0.25) is 0 Å². The molecule has 0 aliphatic carbocycles. The third-order valence-electron chi connectivity index (χ3n) is 5.35. The summed E-state index contributed by atoms with van der Waals surface area (Å²) in [6, 6.07) is 15.5. The van der Waals surface area contributed by atoms with Crippen molar-refractivity contribution in [1.82, 2.24) is 9.97 Å². The Morgan fingerprint density at radius 2 is 1.62 bits per heavy atom. The number of halogens is 1. The van der Waals surface area contributed by atoms with Crippen molar-refractivity contribution in [2.45, 2.75) is 20.8 Å². The Hall–Kier alpha value is -3.53. The Labute approximate surface area is 167 Å². The number of nitrogens with zero attached hydrogens (tertiary/aromatic N) is 2. The molecule has 0 amide bonds. The molecule has 0 N–H and O–H groups in total. The van der Waals surface area contributed by atoms with Crippen LogP contribution in [-0.4, -0.2) is 9.97 Å². The number of aromatic nitrogens is 2. The second-order valence-corrected chi connectivity index (χ2v) is 7.46. The lowest BCUT2D eigenvalue weighted by atomic mass is 9.93. The van der Waals surface area contributed by atoms with Crippen molar-refractivity contribution in [3.05, 3.63) is 83.4 Å². The number of furan rings is 1. The van der Waals surface area contributed by atoms with Crippen molar-refractivity contribution in [2.75, 3.05) is 0 Å². The minimum atomic E-state index is -0.335. The molecule has 29 heavy (non-hydrogen) atoms. The van der Waals surface area contributed by atoms with Gasteiger partial charge in [0, 0.05) is 23.3 Å². The molecule has 0 spiro atoms. The summed E-state index contributed by atoms with van der Waals surface area (Å²) in [6.07, 6.45) is 3.23. The van der Waals surface area contributed by atoms with Gasteiger partial charge in [0.15, 0.2) is 0 Å². The van der Waals surface area contributed by atoms with Gasteiger partial charge >= 0.3 is 0 Å². The van der Waals surface area contributed by atoms with Crippen molar-refractivity contribution < 1.29 is 8.81 Å². The van der Waals surface area contributed by atoms with Crippen LogP contribution in [0, 0.1) is 26.6 Å². The fourth-order valence-electron chi connectivity index (χ4n) is 4.25. The van der Waals surface area contributed by atoms with E-state index in [4.69, 9.17) is 4.42 Å². The molecule has 5 aromatic rings. The Balaban J connectivity index is 1.74. The molecule has 3 aromatic heterocycles. The third kappa shape index (κ3) is 2.80. The van der Waals surface area contributed by atoms with Gasteiger partial charge < -0.3 is 4.42 Å². The number of benzene rings is 2. The Kier molecular flexibility index (Phi) is 3.95. The first kappa shape index (κ1) is 17.6. The maximum atomic E-state index is 14.4. The quantitative estimate of drug-likeness (QED) is 0.338. The summed E-state index contributed by atoms with van der Waals surface area (Å²) in [5.41, 5.74) is 8.53. The van der Waals surface area contributed by atoms with Gasteiger partial charge in [-0.15, -0.1) is 0 Å². The van der Waals surface area contributed by atoms with Crippen molar-refractivity contribution in [3.63, 3.8) is 0 Å². The molecule has 3 nitrogen and oxygen atoms in total. The largest absolute Gasteiger partial charge is 0.437 e. The molecule has 0 aliphatic heterocycles. The highest BCUT2D eigenvalue weighted by Crippen LogP contribution is 2.37. The first-order valence-corrected chi connectivity index (χ1v) is 9.53. The number of para-hydroxylation sites is 1. The van der Waals surface area contributed by atoms with Gasteiger partial charge in [0.1, 0.15) is 11.4 Å². The molecule has 4 heteroatoms. The fourth-order valence-corrected chi connectivity index (χ4v) is 4.25. The maximum absolute atomic E-state index is 14.4. The lowest BCUT2D eigenvalue weighted by molar-refractivity contribution is 0.626. The minimum Gasteiger partial charge on any atom is -0.437 e. The fraction of sp³-hybridized carbons (Fsp3) is 0.120. The summed E-state index contributed by atoms with van der Waals surface area (Å²) in [6.45, 7) is 6.37. The van der Waals surface area contributed by atoms with E-state index in [-0.39, 0.29) is 5.82 Å². The Morgan fingerprint density at radius 3 is 2.41 bits per heavy atom. The molecule has 0 saturated carbocycles. The molecule has 0 bridgehead atoms. The topological polar surface area (TPSA) is 38.9 Å². The van der Waals surface area contributed by atoms with E-state index in [1.165, 1.54) is 34.5 Å². The van der Waals surface area contributed by atoms with Crippen LogP contribution in [0.25, 0.3) is 44.5 Å². The van der Waals surface area contributed by atoms with Gasteiger partial charge in [-0.1, -0.05) is 29.8 Å². The lowest BCUT2D eigenvalue weighted by Crippen LogP contribution is -1.92. The zero-order valence-electron chi connectivity index (χ0n) is 16.5. The van der Waals surface area contributed by atoms with E-state index in [1.807, 2.05) is 30.5 Å². The summed E-state index contributed by atoms with van der Waals surface area (Å²) in [4.78, 5) is 8.76. The van der Waals surface area contributed by atoms with Crippen LogP contribution in [0.1, 0.15) is 16.7 Å². The molecule has 2 aromatic carbocycles. The second kappa shape index (κ2) is 6.52. The predicted molar refractivity (Wildman–Crippen MR) is 114 cm³/mol. The van der Waals surface area contributed by atoms with E-state index in [1.54, 1.807) is 0 Å². The zero-order valence-corrected chi connectivity index (χ0v) is 16.5. The first-order chi connectivity index (χ1) is 14.0. The first-order valence-electron chi connectivity index (χ1n) is 9.53. The van der Waals surface area contributed by atoms with Crippen LogP contribution in [-0.2, 0) is 0 Å². The predicted octanol–water partition coefficient (Wildman–Crippen LogP) is 6.77. The summed E-state index contributed by atoms with van der Waals surface area (Å²) in [5, 5.41) is 1.11. The molecule has 0 fully saturated rings. The average Bonchev–Trinajstić information content (AvgIpc) is 3.07. The van der Waals surface area contributed by atoms with Crippen molar-refractivity contribution in [3.8, 4) is 22.4 Å². The standard InChI is InChI=1S/C25H19FN2O/c1-14-11-15(2)22(16(3)12-14)17-7-9-27-21(13-17)18-5-4-6-19-23-20(26)8-10-28-25(23)29-24(18)19/h4-13H,1-3H3. The maximum Gasteiger partial charge on any atom is 0.230 e. The summed E-state index contributed by atoms with van der Waals surface area (Å²) >= 11 is 0.